The van der Waals surface area contributed by atoms with Gasteiger partial charge in [-0.25, -0.2) is 8.78 Å². The van der Waals surface area contributed by atoms with Gasteiger partial charge in [0.25, 0.3) is 11.9 Å². The number of fused-ring (bicyclic) bond motifs is 1. The van der Waals surface area contributed by atoms with Gasteiger partial charge in [0.1, 0.15) is 23.5 Å². The molecule has 2 aliphatic heterocycles. The normalized spacial score (nSPS) is 22.8. The lowest BCUT2D eigenvalue weighted by Gasteiger charge is -2.47. The lowest BCUT2D eigenvalue weighted by molar-refractivity contribution is -0.130. The van der Waals surface area contributed by atoms with Crippen LogP contribution in [0.5, 0.6) is 0 Å². The molecule has 0 spiro atoms. The van der Waals surface area contributed by atoms with Crippen molar-refractivity contribution in [2.75, 3.05) is 48.4 Å². The number of methoxy groups -OCH3 is 1. The fraction of sp³-hybridized carbons (Fsp3) is 0.583. The summed E-state index contributed by atoms with van der Waals surface area (Å²) in [6.45, 7) is 3.71. The Morgan fingerprint density at radius 1 is 1.22 bits per heavy atom. The van der Waals surface area contributed by atoms with Crippen LogP contribution in [0, 0.1) is 23.5 Å². The quantitative estimate of drug-likeness (QED) is 0.537. The van der Waals surface area contributed by atoms with Gasteiger partial charge in [-0.3, -0.25) is 4.79 Å². The van der Waals surface area contributed by atoms with Gasteiger partial charge in [0, 0.05) is 25.9 Å². The van der Waals surface area contributed by atoms with Crippen LogP contribution in [-0.2, 0) is 11.2 Å². The van der Waals surface area contributed by atoms with Gasteiger partial charge < -0.3 is 24.3 Å². The molecule has 1 aliphatic carbocycles. The second-order valence-electron chi connectivity index (χ2n) is 9.89. The van der Waals surface area contributed by atoms with Crippen LogP contribution in [0.2, 0.25) is 0 Å². The average Bonchev–Trinajstić information content (AvgIpc) is 3.43. The molecule has 5 rings (SSSR count). The average molecular weight is 514 g/mol. The number of aromatic nitrogens is 1. The Bertz CT molecular complexity index is 1130. The number of carbonyl (C=O) groups is 1. The second kappa shape index (κ2) is 8.89. The molecule has 7 nitrogen and oxygen atoms in total. The van der Waals surface area contributed by atoms with E-state index in [9.17, 15) is 26.7 Å². The summed E-state index contributed by atoms with van der Waals surface area (Å²) in [7, 11) is 1.54. The molecule has 0 radical (unpaired) electrons. The van der Waals surface area contributed by atoms with E-state index in [2.05, 4.69) is 10.3 Å². The third-order valence-electron chi connectivity index (χ3n) is 7.45. The molecule has 2 atom stereocenters. The summed E-state index contributed by atoms with van der Waals surface area (Å²) < 4.78 is 79.9. The van der Waals surface area contributed by atoms with Gasteiger partial charge >= 0.3 is 6.18 Å². The summed E-state index contributed by atoms with van der Waals surface area (Å²) in [6.07, 6.45) is -3.56. The van der Waals surface area contributed by atoms with Crippen molar-refractivity contribution in [2.24, 2.45) is 11.8 Å². The number of hydrogen-bond donors (Lipinski definition) is 1. The van der Waals surface area contributed by atoms with Gasteiger partial charge in [0.05, 0.1) is 13.1 Å². The van der Waals surface area contributed by atoms with Crippen molar-refractivity contribution in [3.63, 3.8) is 0 Å². The molecule has 2 aromatic rings. The maximum atomic E-state index is 14.9. The van der Waals surface area contributed by atoms with E-state index in [1.54, 1.807) is 16.9 Å². The molecule has 3 fully saturated rings. The number of alkyl halides is 3. The van der Waals surface area contributed by atoms with E-state index in [-0.39, 0.29) is 17.4 Å². The maximum absolute atomic E-state index is 14.9. The molecule has 1 aromatic heterocycles. The van der Waals surface area contributed by atoms with Crippen LogP contribution in [0.4, 0.5) is 39.3 Å². The van der Waals surface area contributed by atoms with E-state index in [0.717, 1.165) is 25.0 Å². The topological polar surface area (TPSA) is 70.8 Å². The Morgan fingerprint density at radius 3 is 2.50 bits per heavy atom. The molecule has 1 amide bonds. The molecule has 3 aliphatic rings. The van der Waals surface area contributed by atoms with Crippen LogP contribution < -0.4 is 15.1 Å². The fourth-order valence-electron chi connectivity index (χ4n) is 5.15. The molecule has 1 aromatic carbocycles. The predicted octanol–water partition coefficient (Wildman–Crippen LogP) is 4.77. The lowest BCUT2D eigenvalue weighted by Crippen LogP contribution is -2.62. The number of nitrogens with one attached hydrogen (secondary N) is 1. The Hall–Kier alpha value is -2.89. The van der Waals surface area contributed by atoms with E-state index in [0.29, 0.717) is 44.4 Å². The summed E-state index contributed by atoms with van der Waals surface area (Å²) in [5.41, 5.74) is -1.44. The molecule has 2 saturated heterocycles. The number of piperidine rings is 1. The minimum atomic E-state index is -4.66. The van der Waals surface area contributed by atoms with Crippen molar-refractivity contribution in [1.82, 2.24) is 4.98 Å². The zero-order chi connectivity index (χ0) is 25.8. The minimum absolute atomic E-state index is 0.142. The number of amides is 1. The SMILES string of the molecule is CCC1(OC)CN(c2nc(C(=O)Nc3cc(F)c(N4CCC5CC5C4)c(F)c3)c(CC(F)(F)F)o2)C1. The fourth-order valence-corrected chi connectivity index (χ4v) is 5.15. The molecule has 196 valence electrons. The standard InChI is InChI=1S/C24H27F5N4O3/c1-3-23(35-2)11-33(12-23)22-31-19(18(36-22)9-24(27,28)29)21(34)30-15-7-16(25)20(17(26)8-15)32-5-4-13-6-14(13)10-32/h7-8,13-14H,3-6,9-12H2,1-2H3,(H,30,34). The van der Waals surface area contributed by atoms with Crippen molar-refractivity contribution in [3.05, 3.63) is 35.2 Å². The van der Waals surface area contributed by atoms with Crippen LogP contribution in [0.1, 0.15) is 42.4 Å². The van der Waals surface area contributed by atoms with Gasteiger partial charge in [-0.2, -0.15) is 18.2 Å². The molecule has 12 heteroatoms. The van der Waals surface area contributed by atoms with Crippen LogP contribution in [0.15, 0.2) is 16.5 Å². The first kappa shape index (κ1) is 24.8. The number of nitrogens with zero attached hydrogens (tertiary/aromatic N) is 3. The molecule has 36 heavy (non-hydrogen) atoms. The number of hydrogen-bond acceptors (Lipinski definition) is 6. The van der Waals surface area contributed by atoms with Gasteiger partial charge in [-0.15, -0.1) is 0 Å². The summed E-state index contributed by atoms with van der Waals surface area (Å²) in [4.78, 5) is 20.1. The van der Waals surface area contributed by atoms with Crippen molar-refractivity contribution in [3.8, 4) is 0 Å². The Labute approximate surface area is 204 Å². The smallest absolute Gasteiger partial charge is 0.396 e. The Balaban J connectivity index is 1.35. The maximum Gasteiger partial charge on any atom is 0.396 e. The molecule has 0 bridgehead atoms. The van der Waals surface area contributed by atoms with E-state index < -0.39 is 47.2 Å². The zero-order valence-corrected chi connectivity index (χ0v) is 19.9. The minimum Gasteiger partial charge on any atom is -0.427 e. The van der Waals surface area contributed by atoms with Crippen molar-refractivity contribution < 1.29 is 35.9 Å². The van der Waals surface area contributed by atoms with Gasteiger partial charge in [-0.05, 0) is 43.2 Å². The number of carbonyl (C=O) groups excluding carboxylic acids is 1. The van der Waals surface area contributed by atoms with E-state index in [1.165, 1.54) is 0 Å². The second-order valence-corrected chi connectivity index (χ2v) is 9.89. The van der Waals surface area contributed by atoms with Crippen molar-refractivity contribution in [2.45, 2.75) is 44.4 Å². The summed E-state index contributed by atoms with van der Waals surface area (Å²) in [5, 5.41) is 2.27. The Kier molecular flexibility index (Phi) is 6.12. The van der Waals surface area contributed by atoms with Crippen molar-refractivity contribution >= 4 is 23.3 Å². The monoisotopic (exact) mass is 514 g/mol. The summed E-state index contributed by atoms with van der Waals surface area (Å²) >= 11 is 0. The third kappa shape index (κ3) is 4.74. The van der Waals surface area contributed by atoms with Gasteiger partial charge in [0.2, 0.25) is 0 Å². The predicted molar refractivity (Wildman–Crippen MR) is 121 cm³/mol. The summed E-state index contributed by atoms with van der Waals surface area (Å²) in [5.74, 6) is -2.35. The highest BCUT2D eigenvalue weighted by atomic mass is 19.4. The van der Waals surface area contributed by atoms with Gasteiger partial charge in [-0.1, -0.05) is 6.92 Å². The highest BCUT2D eigenvalue weighted by molar-refractivity contribution is 6.04. The highest BCUT2D eigenvalue weighted by Gasteiger charge is 2.45. The third-order valence-corrected chi connectivity index (χ3v) is 7.45. The number of rotatable bonds is 7. The molecule has 2 unspecified atom stereocenters. The van der Waals surface area contributed by atoms with Crippen LogP contribution in [0.3, 0.4) is 0 Å². The first-order valence-electron chi connectivity index (χ1n) is 11.9. The van der Waals surface area contributed by atoms with E-state index >= 15 is 0 Å². The summed E-state index contributed by atoms with van der Waals surface area (Å²) in [6, 6.07) is 1.78. The molecular weight excluding hydrogens is 487 g/mol. The lowest BCUT2D eigenvalue weighted by atomic mass is 9.91. The van der Waals surface area contributed by atoms with Crippen molar-refractivity contribution in [1.29, 1.82) is 0 Å². The number of halogens is 5. The molecule has 1 N–H and O–H groups in total. The van der Waals surface area contributed by atoms with Crippen LogP contribution >= 0.6 is 0 Å². The number of benzene rings is 1. The molecule has 1 saturated carbocycles. The molecule has 3 heterocycles. The number of oxazole rings is 1. The van der Waals surface area contributed by atoms with E-state index in [4.69, 9.17) is 9.15 Å². The number of anilines is 3. The molecular formula is C24H27F5N4O3. The van der Waals surface area contributed by atoms with E-state index in [1.807, 2.05) is 6.92 Å². The van der Waals surface area contributed by atoms with Crippen LogP contribution in [0.25, 0.3) is 0 Å². The first-order valence-corrected chi connectivity index (χ1v) is 11.9. The number of ether oxygens (including phenoxy) is 1. The Morgan fingerprint density at radius 2 is 1.92 bits per heavy atom. The largest absolute Gasteiger partial charge is 0.427 e. The zero-order valence-electron chi connectivity index (χ0n) is 19.9. The van der Waals surface area contributed by atoms with Gasteiger partial charge in [0.15, 0.2) is 17.3 Å². The first-order chi connectivity index (χ1) is 17.0. The van der Waals surface area contributed by atoms with Crippen LogP contribution in [-0.4, -0.2) is 56.0 Å². The highest BCUT2D eigenvalue weighted by Crippen LogP contribution is 2.46.